The number of methoxy groups -OCH3 is 1. The first kappa shape index (κ1) is 14.5. The Balaban J connectivity index is 1.76. The quantitative estimate of drug-likeness (QED) is 0.819. The minimum atomic E-state index is 0.241. The lowest BCUT2D eigenvalue weighted by molar-refractivity contribution is 0.367. The van der Waals surface area contributed by atoms with E-state index in [-0.39, 0.29) is 6.04 Å². The average molecular weight is 287 g/mol. The van der Waals surface area contributed by atoms with Gasteiger partial charge in [-0.3, -0.25) is 0 Å². The summed E-state index contributed by atoms with van der Waals surface area (Å²) in [5.41, 5.74) is 0.851. The van der Waals surface area contributed by atoms with Crippen molar-refractivity contribution in [2.24, 2.45) is 0 Å². The molecule has 0 bridgehead atoms. The molecule has 1 atom stereocenters. The Morgan fingerprint density at radius 1 is 1.19 bits per heavy atom. The van der Waals surface area contributed by atoms with E-state index in [4.69, 9.17) is 9.15 Å². The number of nitrogens with one attached hydrogen (secondary N) is 1. The Bertz CT molecular complexity index is 582. The standard InChI is InChI=1S/C18H25NO2/c1-13(19-15-9-5-3-4-6-10-15)17-12-14-8-7-11-16(20-2)18(14)21-17/h7-8,11-13,15,19H,3-6,9-10H2,1-2H3/t13-/m0/s1. The van der Waals surface area contributed by atoms with Crippen molar-refractivity contribution < 1.29 is 9.15 Å². The van der Waals surface area contributed by atoms with Crippen molar-refractivity contribution in [2.75, 3.05) is 7.11 Å². The third-order valence-corrected chi connectivity index (χ3v) is 4.51. The molecule has 1 saturated carbocycles. The molecule has 1 aliphatic carbocycles. The summed E-state index contributed by atoms with van der Waals surface area (Å²) in [5.74, 6) is 1.80. The summed E-state index contributed by atoms with van der Waals surface area (Å²) in [6.45, 7) is 2.19. The summed E-state index contributed by atoms with van der Waals surface area (Å²) in [7, 11) is 1.68. The summed E-state index contributed by atoms with van der Waals surface area (Å²) in [6.07, 6.45) is 8.03. The summed E-state index contributed by atoms with van der Waals surface area (Å²) >= 11 is 0. The fraction of sp³-hybridized carbons (Fsp3) is 0.556. The summed E-state index contributed by atoms with van der Waals surface area (Å²) < 4.78 is 11.4. The molecule has 0 unspecified atom stereocenters. The number of hydrogen-bond donors (Lipinski definition) is 1. The van der Waals surface area contributed by atoms with Crippen molar-refractivity contribution in [1.82, 2.24) is 5.32 Å². The molecule has 1 N–H and O–H groups in total. The number of para-hydroxylation sites is 1. The van der Waals surface area contributed by atoms with Gasteiger partial charge in [0, 0.05) is 11.4 Å². The normalized spacial score (nSPS) is 18.6. The number of hydrogen-bond acceptors (Lipinski definition) is 3. The van der Waals surface area contributed by atoms with Crippen LogP contribution in [0.1, 0.15) is 57.3 Å². The van der Waals surface area contributed by atoms with Crippen LogP contribution in [0.2, 0.25) is 0 Å². The van der Waals surface area contributed by atoms with Crippen LogP contribution in [0.3, 0.4) is 0 Å². The van der Waals surface area contributed by atoms with Crippen molar-refractivity contribution in [2.45, 2.75) is 57.5 Å². The Morgan fingerprint density at radius 2 is 1.95 bits per heavy atom. The highest BCUT2D eigenvalue weighted by Crippen LogP contribution is 2.31. The fourth-order valence-electron chi connectivity index (χ4n) is 3.31. The first-order chi connectivity index (χ1) is 10.3. The number of rotatable bonds is 4. The molecule has 0 spiro atoms. The third-order valence-electron chi connectivity index (χ3n) is 4.51. The first-order valence-corrected chi connectivity index (χ1v) is 8.10. The van der Waals surface area contributed by atoms with E-state index in [0.29, 0.717) is 6.04 Å². The molecule has 0 aliphatic heterocycles. The van der Waals surface area contributed by atoms with E-state index in [1.165, 1.54) is 38.5 Å². The molecule has 3 heteroatoms. The van der Waals surface area contributed by atoms with Crippen molar-refractivity contribution in [1.29, 1.82) is 0 Å². The average Bonchev–Trinajstić information content (AvgIpc) is 2.78. The van der Waals surface area contributed by atoms with Gasteiger partial charge in [-0.1, -0.05) is 37.8 Å². The molecule has 0 amide bonds. The minimum Gasteiger partial charge on any atom is -0.493 e. The van der Waals surface area contributed by atoms with E-state index in [2.05, 4.69) is 24.4 Å². The van der Waals surface area contributed by atoms with E-state index in [9.17, 15) is 0 Å². The van der Waals surface area contributed by atoms with Crippen LogP contribution in [0, 0.1) is 0 Å². The van der Waals surface area contributed by atoms with Crippen molar-refractivity contribution >= 4 is 11.0 Å². The Morgan fingerprint density at radius 3 is 2.67 bits per heavy atom. The van der Waals surface area contributed by atoms with Gasteiger partial charge >= 0.3 is 0 Å². The van der Waals surface area contributed by atoms with Crippen molar-refractivity contribution in [3.63, 3.8) is 0 Å². The molecule has 21 heavy (non-hydrogen) atoms. The predicted molar refractivity (Wildman–Crippen MR) is 85.8 cm³/mol. The van der Waals surface area contributed by atoms with E-state index in [1.54, 1.807) is 7.11 Å². The van der Waals surface area contributed by atoms with E-state index in [0.717, 1.165) is 22.5 Å². The molecule has 0 saturated heterocycles. The van der Waals surface area contributed by atoms with Crippen molar-refractivity contribution in [3.8, 4) is 5.75 Å². The first-order valence-electron chi connectivity index (χ1n) is 8.10. The van der Waals surface area contributed by atoms with Gasteiger partial charge in [-0.05, 0) is 31.9 Å². The zero-order valence-electron chi connectivity index (χ0n) is 13.0. The summed E-state index contributed by atoms with van der Waals surface area (Å²) in [4.78, 5) is 0. The summed E-state index contributed by atoms with van der Waals surface area (Å²) in [5, 5.41) is 4.85. The molecule has 1 aliphatic rings. The van der Waals surface area contributed by atoms with Gasteiger partial charge in [-0.2, -0.15) is 0 Å². The van der Waals surface area contributed by atoms with Gasteiger partial charge < -0.3 is 14.5 Å². The van der Waals surface area contributed by atoms with Crippen LogP contribution in [-0.4, -0.2) is 13.2 Å². The lowest BCUT2D eigenvalue weighted by Gasteiger charge is -2.20. The van der Waals surface area contributed by atoms with Crippen LogP contribution in [0.4, 0.5) is 0 Å². The highest BCUT2D eigenvalue weighted by molar-refractivity contribution is 5.83. The lowest BCUT2D eigenvalue weighted by Crippen LogP contribution is -2.30. The molecule has 0 radical (unpaired) electrons. The topological polar surface area (TPSA) is 34.4 Å². The molecule has 3 rings (SSSR count). The van der Waals surface area contributed by atoms with Gasteiger partial charge in [-0.15, -0.1) is 0 Å². The van der Waals surface area contributed by atoms with Crippen LogP contribution >= 0.6 is 0 Å². The monoisotopic (exact) mass is 287 g/mol. The van der Waals surface area contributed by atoms with Gasteiger partial charge in [0.05, 0.1) is 13.2 Å². The van der Waals surface area contributed by atoms with Crippen LogP contribution in [0.25, 0.3) is 11.0 Å². The second-order valence-electron chi connectivity index (χ2n) is 6.10. The van der Waals surface area contributed by atoms with Crippen LogP contribution < -0.4 is 10.1 Å². The largest absolute Gasteiger partial charge is 0.493 e. The molecular formula is C18H25NO2. The highest BCUT2D eigenvalue weighted by atomic mass is 16.5. The van der Waals surface area contributed by atoms with Crippen molar-refractivity contribution in [3.05, 3.63) is 30.0 Å². The highest BCUT2D eigenvalue weighted by Gasteiger charge is 2.18. The number of benzene rings is 1. The molecular weight excluding hydrogens is 262 g/mol. The fourth-order valence-corrected chi connectivity index (χ4v) is 3.31. The lowest BCUT2D eigenvalue weighted by atomic mass is 10.1. The molecule has 114 valence electrons. The Kier molecular flexibility index (Phi) is 4.49. The molecule has 1 aromatic carbocycles. The maximum Gasteiger partial charge on any atom is 0.176 e. The zero-order valence-corrected chi connectivity index (χ0v) is 13.0. The zero-order chi connectivity index (χ0) is 14.7. The van der Waals surface area contributed by atoms with Crippen LogP contribution in [0.5, 0.6) is 5.75 Å². The number of fused-ring (bicyclic) bond motifs is 1. The van der Waals surface area contributed by atoms with E-state index < -0.39 is 0 Å². The molecule has 2 aromatic rings. The Hall–Kier alpha value is -1.48. The third kappa shape index (κ3) is 3.24. The van der Waals surface area contributed by atoms with E-state index >= 15 is 0 Å². The Labute approximate surface area is 126 Å². The molecule has 1 heterocycles. The van der Waals surface area contributed by atoms with Gasteiger partial charge in [-0.25, -0.2) is 0 Å². The van der Waals surface area contributed by atoms with Gasteiger partial charge in [0.25, 0.3) is 0 Å². The predicted octanol–water partition coefficient (Wildman–Crippen LogP) is 4.81. The number of furan rings is 1. The maximum atomic E-state index is 6.04. The smallest absolute Gasteiger partial charge is 0.176 e. The van der Waals surface area contributed by atoms with Gasteiger partial charge in [0.1, 0.15) is 5.76 Å². The molecule has 1 fully saturated rings. The molecule has 1 aromatic heterocycles. The maximum absolute atomic E-state index is 6.04. The van der Waals surface area contributed by atoms with Crippen LogP contribution in [0.15, 0.2) is 28.7 Å². The minimum absolute atomic E-state index is 0.241. The second-order valence-corrected chi connectivity index (χ2v) is 6.10. The number of ether oxygens (including phenoxy) is 1. The van der Waals surface area contributed by atoms with Gasteiger partial charge in [0.15, 0.2) is 11.3 Å². The van der Waals surface area contributed by atoms with E-state index in [1.807, 2.05) is 12.1 Å². The second kappa shape index (κ2) is 6.52. The van der Waals surface area contributed by atoms with Crippen LogP contribution in [-0.2, 0) is 0 Å². The SMILES string of the molecule is COc1cccc2cc([C@H](C)NC3CCCCCC3)oc12. The molecule has 3 nitrogen and oxygen atoms in total. The summed E-state index contributed by atoms with van der Waals surface area (Å²) in [6, 6.07) is 9.01. The van der Waals surface area contributed by atoms with Gasteiger partial charge in [0.2, 0.25) is 0 Å².